The number of carboxylic acids is 1. The van der Waals surface area contributed by atoms with Crippen molar-refractivity contribution in [1.29, 1.82) is 0 Å². The van der Waals surface area contributed by atoms with Crippen molar-refractivity contribution in [1.82, 2.24) is 4.98 Å². The van der Waals surface area contributed by atoms with Gasteiger partial charge >= 0.3 is 5.97 Å². The van der Waals surface area contributed by atoms with Gasteiger partial charge in [0.2, 0.25) is 0 Å². The van der Waals surface area contributed by atoms with Crippen LogP contribution in [-0.2, 0) is 17.8 Å². The quantitative estimate of drug-likeness (QED) is 0.409. The maximum absolute atomic E-state index is 10.8. The summed E-state index contributed by atoms with van der Waals surface area (Å²) >= 11 is 0. The van der Waals surface area contributed by atoms with Gasteiger partial charge in [-0.15, -0.1) is 0 Å². The van der Waals surface area contributed by atoms with Crippen molar-refractivity contribution in [3.63, 3.8) is 0 Å². The molecule has 0 saturated carbocycles. The smallest absolute Gasteiger partial charge is 0.354 e. The van der Waals surface area contributed by atoms with Crippen LogP contribution in [-0.4, -0.2) is 27.0 Å². The number of para-hydroxylation sites is 1. The van der Waals surface area contributed by atoms with Crippen molar-refractivity contribution >= 4 is 22.6 Å². The van der Waals surface area contributed by atoms with Gasteiger partial charge in [-0.05, 0) is 29.8 Å². The van der Waals surface area contributed by atoms with Crippen LogP contribution in [0.4, 0.5) is 0 Å². The Balaban J connectivity index is 1.64. The van der Waals surface area contributed by atoms with Crippen LogP contribution >= 0.6 is 0 Å². The van der Waals surface area contributed by atoms with Gasteiger partial charge in [-0.2, -0.15) is 0 Å². The zero-order valence-corrected chi connectivity index (χ0v) is 13.3. The van der Waals surface area contributed by atoms with Gasteiger partial charge < -0.3 is 15.1 Å². The highest BCUT2D eigenvalue weighted by Gasteiger charge is 2.11. The number of pyridine rings is 1. The Labute approximate surface area is 144 Å². The van der Waals surface area contributed by atoms with E-state index in [1.54, 1.807) is 24.3 Å². The van der Waals surface area contributed by atoms with E-state index < -0.39 is 5.97 Å². The second-order valence-corrected chi connectivity index (χ2v) is 5.46. The molecule has 2 N–H and O–H groups in total. The van der Waals surface area contributed by atoms with E-state index in [1.165, 1.54) is 0 Å². The summed E-state index contributed by atoms with van der Waals surface area (Å²) in [5.41, 5.74) is 2.15. The molecule has 25 heavy (non-hydrogen) atoms. The SMILES string of the molecule is O=C(O)/C(Cc1ccc(OCc2ccc3ccccc3n2)cc1)=N\O. The highest BCUT2D eigenvalue weighted by atomic mass is 16.5. The van der Waals surface area contributed by atoms with Gasteiger partial charge in [-0.25, -0.2) is 9.78 Å². The first-order chi connectivity index (χ1) is 12.2. The maximum atomic E-state index is 10.8. The lowest BCUT2D eigenvalue weighted by Crippen LogP contribution is -2.15. The molecule has 0 atom stereocenters. The standard InChI is InChI=1S/C19H16N2O4/c22-19(23)18(21-24)11-13-5-9-16(10-6-13)25-12-15-8-7-14-3-1-2-4-17(14)20-15/h1-10,24H,11-12H2,(H,22,23)/b21-18-. The van der Waals surface area contributed by atoms with E-state index in [-0.39, 0.29) is 12.1 Å². The number of hydrogen-bond donors (Lipinski definition) is 2. The predicted octanol–water partition coefficient (Wildman–Crippen LogP) is 3.27. The number of aromatic nitrogens is 1. The number of carboxylic acid groups (broad SMARTS) is 1. The van der Waals surface area contributed by atoms with E-state index in [0.29, 0.717) is 17.9 Å². The first-order valence-corrected chi connectivity index (χ1v) is 7.66. The van der Waals surface area contributed by atoms with Crippen LogP contribution in [0.2, 0.25) is 0 Å². The fourth-order valence-corrected chi connectivity index (χ4v) is 2.40. The first-order valence-electron chi connectivity index (χ1n) is 7.66. The number of rotatable bonds is 6. The Morgan fingerprint density at radius 3 is 2.52 bits per heavy atom. The topological polar surface area (TPSA) is 92.0 Å². The van der Waals surface area contributed by atoms with Crippen LogP contribution in [0.5, 0.6) is 5.75 Å². The van der Waals surface area contributed by atoms with E-state index in [2.05, 4.69) is 10.1 Å². The number of aliphatic carboxylic acids is 1. The molecule has 0 unspecified atom stereocenters. The Hall–Kier alpha value is -3.41. The molecule has 0 fully saturated rings. The molecule has 0 aliphatic heterocycles. The molecule has 126 valence electrons. The number of carbonyl (C=O) groups is 1. The minimum absolute atomic E-state index is 0.0400. The molecule has 0 saturated heterocycles. The minimum Gasteiger partial charge on any atom is -0.487 e. The molecule has 0 spiro atoms. The van der Waals surface area contributed by atoms with Crippen LogP contribution in [0, 0.1) is 0 Å². The third-order valence-electron chi connectivity index (χ3n) is 3.71. The molecule has 0 aliphatic carbocycles. The number of ether oxygens (including phenoxy) is 1. The van der Waals surface area contributed by atoms with Crippen LogP contribution < -0.4 is 4.74 Å². The third kappa shape index (κ3) is 4.11. The highest BCUT2D eigenvalue weighted by Crippen LogP contribution is 2.16. The summed E-state index contributed by atoms with van der Waals surface area (Å²) in [4.78, 5) is 15.4. The molecule has 2 aromatic carbocycles. The number of nitrogens with zero attached hydrogens (tertiary/aromatic N) is 2. The second kappa shape index (κ2) is 7.44. The number of benzene rings is 2. The first kappa shape index (κ1) is 16.4. The lowest BCUT2D eigenvalue weighted by atomic mass is 10.1. The molecular weight excluding hydrogens is 320 g/mol. The Bertz CT molecular complexity index is 920. The molecule has 1 heterocycles. The summed E-state index contributed by atoms with van der Waals surface area (Å²) in [6.07, 6.45) is 0.0400. The van der Waals surface area contributed by atoms with Gasteiger partial charge in [0, 0.05) is 11.8 Å². The average Bonchev–Trinajstić information content (AvgIpc) is 2.65. The van der Waals surface area contributed by atoms with E-state index in [4.69, 9.17) is 15.1 Å². The molecule has 3 aromatic rings. The zero-order valence-electron chi connectivity index (χ0n) is 13.3. The number of fused-ring (bicyclic) bond motifs is 1. The molecule has 6 heteroatoms. The van der Waals surface area contributed by atoms with Crippen LogP contribution in [0.3, 0.4) is 0 Å². The van der Waals surface area contributed by atoms with Crippen LogP contribution in [0.15, 0.2) is 65.8 Å². The largest absolute Gasteiger partial charge is 0.487 e. The Morgan fingerprint density at radius 1 is 1.04 bits per heavy atom. The molecule has 0 aliphatic rings. The molecule has 6 nitrogen and oxygen atoms in total. The Kier molecular flexibility index (Phi) is 4.89. The minimum atomic E-state index is -1.25. The summed E-state index contributed by atoms with van der Waals surface area (Å²) in [5.74, 6) is -0.596. The summed E-state index contributed by atoms with van der Waals surface area (Å²) in [6, 6.07) is 18.8. The lowest BCUT2D eigenvalue weighted by molar-refractivity contribution is -0.129. The van der Waals surface area contributed by atoms with Crippen LogP contribution in [0.25, 0.3) is 10.9 Å². The monoisotopic (exact) mass is 336 g/mol. The van der Waals surface area contributed by atoms with E-state index in [0.717, 1.165) is 16.6 Å². The normalized spacial score (nSPS) is 11.4. The van der Waals surface area contributed by atoms with E-state index in [1.807, 2.05) is 36.4 Å². The van der Waals surface area contributed by atoms with Crippen molar-refractivity contribution in [2.75, 3.05) is 0 Å². The van der Waals surface area contributed by atoms with Crippen molar-refractivity contribution < 1.29 is 19.8 Å². The van der Waals surface area contributed by atoms with Crippen molar-refractivity contribution in [2.45, 2.75) is 13.0 Å². The van der Waals surface area contributed by atoms with Gasteiger partial charge in [0.25, 0.3) is 0 Å². The van der Waals surface area contributed by atoms with Crippen LogP contribution in [0.1, 0.15) is 11.3 Å². The molecule has 0 bridgehead atoms. The second-order valence-electron chi connectivity index (χ2n) is 5.46. The van der Waals surface area contributed by atoms with Gasteiger partial charge in [0.15, 0.2) is 5.71 Å². The number of hydrogen-bond acceptors (Lipinski definition) is 5. The molecular formula is C19H16N2O4. The Morgan fingerprint density at radius 2 is 1.80 bits per heavy atom. The fraction of sp³-hybridized carbons (Fsp3) is 0.105. The van der Waals surface area contributed by atoms with Gasteiger partial charge in [-0.3, -0.25) is 0 Å². The van der Waals surface area contributed by atoms with Gasteiger partial charge in [0.1, 0.15) is 12.4 Å². The summed E-state index contributed by atoms with van der Waals surface area (Å²) in [6.45, 7) is 0.336. The summed E-state index contributed by atoms with van der Waals surface area (Å²) in [5, 5.41) is 21.4. The van der Waals surface area contributed by atoms with Crippen molar-refractivity contribution in [3.05, 3.63) is 71.9 Å². The summed E-state index contributed by atoms with van der Waals surface area (Å²) < 4.78 is 5.72. The zero-order chi connectivity index (χ0) is 17.6. The van der Waals surface area contributed by atoms with Gasteiger partial charge in [0.05, 0.1) is 11.2 Å². The lowest BCUT2D eigenvalue weighted by Gasteiger charge is -2.08. The van der Waals surface area contributed by atoms with Gasteiger partial charge in [-0.1, -0.05) is 41.6 Å². The third-order valence-corrected chi connectivity index (χ3v) is 3.71. The molecule has 0 radical (unpaired) electrons. The summed E-state index contributed by atoms with van der Waals surface area (Å²) in [7, 11) is 0. The highest BCUT2D eigenvalue weighted by molar-refractivity contribution is 6.35. The van der Waals surface area contributed by atoms with E-state index in [9.17, 15) is 4.79 Å². The maximum Gasteiger partial charge on any atom is 0.354 e. The van der Waals surface area contributed by atoms with Crippen molar-refractivity contribution in [2.24, 2.45) is 5.16 Å². The average molecular weight is 336 g/mol. The predicted molar refractivity (Wildman–Crippen MR) is 93.1 cm³/mol. The fourth-order valence-electron chi connectivity index (χ4n) is 2.40. The number of oxime groups is 1. The molecule has 0 amide bonds. The molecule has 1 aromatic heterocycles. The van der Waals surface area contributed by atoms with Crippen molar-refractivity contribution in [3.8, 4) is 5.75 Å². The van der Waals surface area contributed by atoms with E-state index >= 15 is 0 Å². The molecule has 3 rings (SSSR count).